The van der Waals surface area contributed by atoms with Crippen molar-refractivity contribution in [3.63, 3.8) is 0 Å². The van der Waals surface area contributed by atoms with Gasteiger partial charge in [0.25, 0.3) is 5.69 Å². The molecule has 2 N–H and O–H groups in total. The molecule has 1 atom stereocenters. The molecule has 0 fully saturated rings. The van der Waals surface area contributed by atoms with Crippen LogP contribution in [0, 0.1) is 15.9 Å². The van der Waals surface area contributed by atoms with Gasteiger partial charge in [-0.2, -0.15) is 0 Å². The molecule has 0 heterocycles. The molecule has 0 radical (unpaired) electrons. The summed E-state index contributed by atoms with van der Waals surface area (Å²) in [7, 11) is 1.46. The van der Waals surface area contributed by atoms with Crippen LogP contribution >= 0.6 is 0 Å². The zero-order valence-electron chi connectivity index (χ0n) is 9.36. The fraction of sp³-hybridized carbons (Fsp3) is 0.300. The molecule has 1 amide bonds. The SMILES string of the molecule is CNC(=O)C(C)Nc1ccc(F)cc1[N+](=O)[O-]. The van der Waals surface area contributed by atoms with Crippen molar-refractivity contribution in [3.8, 4) is 0 Å². The first-order chi connectivity index (χ1) is 7.95. The average Bonchev–Trinajstić information content (AvgIpc) is 2.29. The van der Waals surface area contributed by atoms with E-state index in [1.807, 2.05) is 0 Å². The third-order valence-electron chi connectivity index (χ3n) is 2.17. The molecule has 0 aromatic heterocycles. The van der Waals surface area contributed by atoms with E-state index in [-0.39, 0.29) is 11.6 Å². The molecule has 0 saturated heterocycles. The molecule has 7 heteroatoms. The number of carbonyl (C=O) groups is 1. The lowest BCUT2D eigenvalue weighted by Crippen LogP contribution is -2.35. The Labute approximate surface area is 97.0 Å². The molecular formula is C10H12FN3O3. The summed E-state index contributed by atoms with van der Waals surface area (Å²) >= 11 is 0. The molecule has 0 aliphatic carbocycles. The summed E-state index contributed by atoms with van der Waals surface area (Å²) < 4.78 is 12.9. The predicted octanol–water partition coefficient (Wildman–Crippen LogP) is 1.28. The topological polar surface area (TPSA) is 84.3 Å². The second-order valence-corrected chi connectivity index (χ2v) is 3.40. The van der Waals surface area contributed by atoms with E-state index in [4.69, 9.17) is 0 Å². The van der Waals surface area contributed by atoms with Gasteiger partial charge >= 0.3 is 0 Å². The number of nitro groups is 1. The fourth-order valence-electron chi connectivity index (χ4n) is 1.29. The number of hydrogen-bond acceptors (Lipinski definition) is 4. The second kappa shape index (κ2) is 5.24. The zero-order valence-corrected chi connectivity index (χ0v) is 9.36. The van der Waals surface area contributed by atoms with Gasteiger partial charge in [-0.1, -0.05) is 0 Å². The molecule has 0 spiro atoms. The third-order valence-corrected chi connectivity index (χ3v) is 2.17. The Kier molecular flexibility index (Phi) is 3.97. The van der Waals surface area contributed by atoms with Gasteiger partial charge < -0.3 is 10.6 Å². The molecule has 1 unspecified atom stereocenters. The van der Waals surface area contributed by atoms with Crippen LogP contribution in [0.25, 0.3) is 0 Å². The molecule has 92 valence electrons. The van der Waals surface area contributed by atoms with E-state index in [9.17, 15) is 19.3 Å². The van der Waals surface area contributed by atoms with Crippen LogP contribution in [0.1, 0.15) is 6.92 Å². The van der Waals surface area contributed by atoms with E-state index < -0.39 is 22.5 Å². The standard InChI is InChI=1S/C10H12FN3O3/c1-6(10(15)12-2)13-8-4-3-7(11)5-9(8)14(16)17/h3-6,13H,1-2H3,(H,12,15). The Balaban J connectivity index is 2.98. The highest BCUT2D eigenvalue weighted by Crippen LogP contribution is 2.25. The molecule has 0 aliphatic heterocycles. The van der Waals surface area contributed by atoms with Crippen molar-refractivity contribution in [1.82, 2.24) is 5.32 Å². The summed E-state index contributed by atoms with van der Waals surface area (Å²) in [4.78, 5) is 21.2. The Hall–Kier alpha value is -2.18. The minimum Gasteiger partial charge on any atom is -0.368 e. The highest BCUT2D eigenvalue weighted by molar-refractivity contribution is 5.84. The van der Waals surface area contributed by atoms with Gasteiger partial charge in [-0.25, -0.2) is 4.39 Å². The number of carbonyl (C=O) groups excluding carboxylic acids is 1. The van der Waals surface area contributed by atoms with Crippen molar-refractivity contribution in [2.45, 2.75) is 13.0 Å². The number of nitrogens with one attached hydrogen (secondary N) is 2. The van der Waals surface area contributed by atoms with Crippen molar-refractivity contribution >= 4 is 17.3 Å². The van der Waals surface area contributed by atoms with Gasteiger partial charge in [0.15, 0.2) is 0 Å². The molecule has 1 rings (SSSR count). The summed E-state index contributed by atoms with van der Waals surface area (Å²) in [6.45, 7) is 1.55. The van der Waals surface area contributed by atoms with E-state index >= 15 is 0 Å². The first kappa shape index (κ1) is 12.9. The van der Waals surface area contributed by atoms with Gasteiger partial charge in [-0.05, 0) is 19.1 Å². The highest BCUT2D eigenvalue weighted by Gasteiger charge is 2.18. The van der Waals surface area contributed by atoms with Gasteiger partial charge in [0, 0.05) is 7.05 Å². The Bertz CT molecular complexity index is 450. The number of amides is 1. The molecule has 0 saturated carbocycles. The average molecular weight is 241 g/mol. The number of anilines is 1. The van der Waals surface area contributed by atoms with Crippen LogP contribution in [0.4, 0.5) is 15.8 Å². The quantitative estimate of drug-likeness (QED) is 0.614. The maximum absolute atomic E-state index is 12.9. The number of nitrogens with zero attached hydrogens (tertiary/aromatic N) is 1. The number of nitro benzene ring substituents is 1. The van der Waals surface area contributed by atoms with Gasteiger partial charge in [0.2, 0.25) is 5.91 Å². The largest absolute Gasteiger partial charge is 0.368 e. The van der Waals surface area contributed by atoms with Crippen molar-refractivity contribution in [1.29, 1.82) is 0 Å². The van der Waals surface area contributed by atoms with Crippen LogP contribution in [0.15, 0.2) is 18.2 Å². The smallest absolute Gasteiger partial charge is 0.295 e. The first-order valence-corrected chi connectivity index (χ1v) is 4.87. The number of benzene rings is 1. The Morgan fingerprint density at radius 3 is 2.71 bits per heavy atom. The van der Waals surface area contributed by atoms with Crippen molar-refractivity contribution in [2.75, 3.05) is 12.4 Å². The third kappa shape index (κ3) is 3.13. The number of hydrogen-bond donors (Lipinski definition) is 2. The Morgan fingerprint density at radius 2 is 2.18 bits per heavy atom. The van der Waals surface area contributed by atoms with Crippen molar-refractivity contribution < 1.29 is 14.1 Å². The minimum absolute atomic E-state index is 0.104. The lowest BCUT2D eigenvalue weighted by molar-refractivity contribution is -0.384. The number of halogens is 1. The second-order valence-electron chi connectivity index (χ2n) is 3.40. The van der Waals surface area contributed by atoms with E-state index in [0.717, 1.165) is 12.1 Å². The minimum atomic E-state index is -0.706. The van der Waals surface area contributed by atoms with E-state index in [2.05, 4.69) is 10.6 Å². The normalized spacial score (nSPS) is 11.7. The summed E-state index contributed by atoms with van der Waals surface area (Å²) in [5.41, 5.74) is -0.298. The molecule has 0 aliphatic rings. The molecule has 6 nitrogen and oxygen atoms in total. The monoisotopic (exact) mass is 241 g/mol. The van der Waals surface area contributed by atoms with Gasteiger partial charge in [-0.3, -0.25) is 14.9 Å². The molecule has 0 bridgehead atoms. The van der Waals surface area contributed by atoms with Crippen LogP contribution < -0.4 is 10.6 Å². The van der Waals surface area contributed by atoms with Crippen LogP contribution in [-0.4, -0.2) is 23.9 Å². The fourth-order valence-corrected chi connectivity index (χ4v) is 1.29. The summed E-state index contributed by atoms with van der Waals surface area (Å²) in [6.07, 6.45) is 0. The molecule has 1 aromatic rings. The van der Waals surface area contributed by atoms with Crippen molar-refractivity contribution in [2.24, 2.45) is 0 Å². The lowest BCUT2D eigenvalue weighted by Gasteiger charge is -2.13. The first-order valence-electron chi connectivity index (χ1n) is 4.87. The van der Waals surface area contributed by atoms with E-state index in [1.54, 1.807) is 6.92 Å². The maximum atomic E-state index is 12.9. The molecular weight excluding hydrogens is 229 g/mol. The summed E-state index contributed by atoms with van der Waals surface area (Å²) in [5.74, 6) is -1.02. The van der Waals surface area contributed by atoms with Crippen LogP contribution in [-0.2, 0) is 4.79 Å². The van der Waals surface area contributed by atoms with Crippen LogP contribution in [0.2, 0.25) is 0 Å². The number of likely N-dealkylation sites (N-methyl/N-ethyl adjacent to an activating group) is 1. The maximum Gasteiger partial charge on any atom is 0.295 e. The predicted molar refractivity (Wildman–Crippen MR) is 60.2 cm³/mol. The molecule has 1 aromatic carbocycles. The van der Waals surface area contributed by atoms with Gasteiger partial charge in [-0.15, -0.1) is 0 Å². The zero-order chi connectivity index (χ0) is 13.0. The van der Waals surface area contributed by atoms with E-state index in [1.165, 1.54) is 13.1 Å². The highest BCUT2D eigenvalue weighted by atomic mass is 19.1. The van der Waals surface area contributed by atoms with Crippen LogP contribution in [0.3, 0.4) is 0 Å². The van der Waals surface area contributed by atoms with E-state index in [0.29, 0.717) is 0 Å². The summed E-state index contributed by atoms with van der Waals surface area (Å²) in [5, 5.41) is 15.7. The van der Waals surface area contributed by atoms with Crippen molar-refractivity contribution in [3.05, 3.63) is 34.1 Å². The molecule has 17 heavy (non-hydrogen) atoms. The Morgan fingerprint density at radius 1 is 1.53 bits per heavy atom. The van der Waals surface area contributed by atoms with Crippen LogP contribution in [0.5, 0.6) is 0 Å². The lowest BCUT2D eigenvalue weighted by atomic mass is 10.2. The number of rotatable bonds is 4. The van der Waals surface area contributed by atoms with Gasteiger partial charge in [0.05, 0.1) is 11.0 Å². The van der Waals surface area contributed by atoms with Gasteiger partial charge in [0.1, 0.15) is 17.5 Å². The summed E-state index contributed by atoms with van der Waals surface area (Å²) in [6, 6.07) is 2.47.